The maximum absolute atomic E-state index is 10.0. The molecule has 2 heteroatoms. The van der Waals surface area contributed by atoms with Crippen LogP contribution < -0.4 is 0 Å². The fraction of sp³-hybridized carbons (Fsp3) is 1.00. The van der Waals surface area contributed by atoms with Crippen LogP contribution in [0.3, 0.4) is 0 Å². The van der Waals surface area contributed by atoms with Gasteiger partial charge in [0, 0.05) is 6.42 Å². The Labute approximate surface area is 80.3 Å². The molecule has 0 aromatic heterocycles. The molecule has 1 aliphatic heterocycles. The van der Waals surface area contributed by atoms with E-state index in [4.69, 9.17) is 4.74 Å². The molecule has 76 valence electrons. The summed E-state index contributed by atoms with van der Waals surface area (Å²) in [6.45, 7) is 2.69. The molecule has 1 heterocycles. The summed E-state index contributed by atoms with van der Waals surface area (Å²) in [5.41, 5.74) is -0.435. The molecule has 2 aliphatic rings. The van der Waals surface area contributed by atoms with Gasteiger partial charge in [0.1, 0.15) is 0 Å². The number of aliphatic hydroxyl groups is 1. The molecular weight excluding hydrogens is 164 g/mol. The third-order valence-electron chi connectivity index (χ3n) is 3.52. The topological polar surface area (TPSA) is 29.5 Å². The van der Waals surface area contributed by atoms with Crippen LogP contribution in [-0.2, 0) is 4.74 Å². The molecule has 0 aromatic rings. The average molecular weight is 184 g/mol. The zero-order valence-corrected chi connectivity index (χ0v) is 8.51. The predicted octanol–water partition coefficient (Wildman–Crippen LogP) is 2.25. The van der Waals surface area contributed by atoms with E-state index in [1.807, 2.05) is 6.92 Å². The van der Waals surface area contributed by atoms with Crippen molar-refractivity contribution in [1.82, 2.24) is 0 Å². The lowest BCUT2D eigenvalue weighted by Crippen LogP contribution is -2.48. The highest BCUT2D eigenvalue weighted by Gasteiger charge is 2.42. The lowest BCUT2D eigenvalue weighted by molar-refractivity contribution is -0.166. The van der Waals surface area contributed by atoms with E-state index in [1.54, 1.807) is 0 Å². The molecule has 0 amide bonds. The summed E-state index contributed by atoms with van der Waals surface area (Å²) in [6.07, 6.45) is 7.85. The van der Waals surface area contributed by atoms with E-state index in [0.717, 1.165) is 32.3 Å². The first-order chi connectivity index (χ1) is 6.12. The SMILES string of the molecule is CC1(O)CCOC2(CCCCC2)C1. The van der Waals surface area contributed by atoms with Gasteiger partial charge in [-0.1, -0.05) is 19.3 Å². The molecule has 2 nitrogen and oxygen atoms in total. The number of hydrogen-bond acceptors (Lipinski definition) is 2. The zero-order chi connectivity index (χ0) is 9.36. The molecule has 2 fully saturated rings. The van der Waals surface area contributed by atoms with Crippen LogP contribution in [0.15, 0.2) is 0 Å². The molecule has 1 aliphatic carbocycles. The predicted molar refractivity (Wildman–Crippen MR) is 51.6 cm³/mol. The van der Waals surface area contributed by atoms with E-state index in [0.29, 0.717) is 0 Å². The van der Waals surface area contributed by atoms with Crippen LogP contribution in [0, 0.1) is 0 Å². The molecule has 0 bridgehead atoms. The average Bonchev–Trinajstić information content (AvgIpc) is 2.03. The van der Waals surface area contributed by atoms with Crippen molar-refractivity contribution in [3.05, 3.63) is 0 Å². The summed E-state index contributed by atoms with van der Waals surface area (Å²) in [6, 6.07) is 0. The Morgan fingerprint density at radius 3 is 2.38 bits per heavy atom. The van der Waals surface area contributed by atoms with Crippen molar-refractivity contribution in [2.24, 2.45) is 0 Å². The molecular formula is C11H20O2. The van der Waals surface area contributed by atoms with E-state index >= 15 is 0 Å². The van der Waals surface area contributed by atoms with Crippen molar-refractivity contribution < 1.29 is 9.84 Å². The minimum absolute atomic E-state index is 0.0417. The lowest BCUT2D eigenvalue weighted by atomic mass is 9.75. The van der Waals surface area contributed by atoms with E-state index < -0.39 is 5.60 Å². The van der Waals surface area contributed by atoms with Crippen LogP contribution in [0.1, 0.15) is 51.9 Å². The van der Waals surface area contributed by atoms with Gasteiger partial charge in [0.15, 0.2) is 0 Å². The monoisotopic (exact) mass is 184 g/mol. The van der Waals surface area contributed by atoms with Gasteiger partial charge in [0.05, 0.1) is 17.8 Å². The summed E-state index contributed by atoms with van der Waals surface area (Å²) in [7, 11) is 0. The quantitative estimate of drug-likeness (QED) is 0.625. The summed E-state index contributed by atoms with van der Waals surface area (Å²) in [5, 5.41) is 10.0. The van der Waals surface area contributed by atoms with Crippen molar-refractivity contribution in [1.29, 1.82) is 0 Å². The van der Waals surface area contributed by atoms with Gasteiger partial charge < -0.3 is 9.84 Å². The van der Waals surface area contributed by atoms with Crippen LogP contribution in [-0.4, -0.2) is 22.9 Å². The van der Waals surface area contributed by atoms with Crippen molar-refractivity contribution >= 4 is 0 Å². The highest BCUT2D eigenvalue weighted by molar-refractivity contribution is 4.94. The molecule has 0 aromatic carbocycles. The second-order valence-electron chi connectivity index (χ2n) is 5.02. The van der Waals surface area contributed by atoms with Crippen LogP contribution in [0.2, 0.25) is 0 Å². The third-order valence-corrected chi connectivity index (χ3v) is 3.52. The Balaban J connectivity index is 2.04. The van der Waals surface area contributed by atoms with Gasteiger partial charge in [0.25, 0.3) is 0 Å². The minimum Gasteiger partial charge on any atom is -0.390 e. The standard InChI is InChI=1S/C11H20O2/c1-10(12)7-8-13-11(9-10)5-3-2-4-6-11/h12H,2-9H2,1H3. The van der Waals surface area contributed by atoms with Gasteiger partial charge in [-0.25, -0.2) is 0 Å². The van der Waals surface area contributed by atoms with Gasteiger partial charge in [-0.2, -0.15) is 0 Å². The summed E-state index contributed by atoms with van der Waals surface area (Å²) < 4.78 is 5.88. The van der Waals surface area contributed by atoms with Gasteiger partial charge in [0.2, 0.25) is 0 Å². The van der Waals surface area contributed by atoms with Gasteiger partial charge in [-0.05, 0) is 26.2 Å². The maximum Gasteiger partial charge on any atom is 0.0709 e. The van der Waals surface area contributed by atoms with Crippen LogP contribution >= 0.6 is 0 Å². The second kappa shape index (κ2) is 3.25. The maximum atomic E-state index is 10.0. The second-order valence-corrected chi connectivity index (χ2v) is 5.02. The van der Waals surface area contributed by atoms with E-state index in [1.165, 1.54) is 19.3 Å². The Kier molecular flexibility index (Phi) is 2.37. The van der Waals surface area contributed by atoms with Crippen LogP contribution in [0.5, 0.6) is 0 Å². The summed E-state index contributed by atoms with van der Waals surface area (Å²) in [4.78, 5) is 0. The Morgan fingerprint density at radius 2 is 1.77 bits per heavy atom. The molecule has 1 atom stereocenters. The zero-order valence-electron chi connectivity index (χ0n) is 8.51. The van der Waals surface area contributed by atoms with Crippen molar-refractivity contribution in [2.75, 3.05) is 6.61 Å². The van der Waals surface area contributed by atoms with Gasteiger partial charge >= 0.3 is 0 Å². The highest BCUT2D eigenvalue weighted by Crippen LogP contribution is 2.41. The first-order valence-electron chi connectivity index (χ1n) is 5.48. The Hall–Kier alpha value is -0.0800. The largest absolute Gasteiger partial charge is 0.390 e. The van der Waals surface area contributed by atoms with Crippen molar-refractivity contribution in [2.45, 2.75) is 63.1 Å². The summed E-state index contributed by atoms with van der Waals surface area (Å²) in [5.74, 6) is 0. The molecule has 1 N–H and O–H groups in total. The Morgan fingerprint density at radius 1 is 1.08 bits per heavy atom. The van der Waals surface area contributed by atoms with Crippen LogP contribution in [0.25, 0.3) is 0 Å². The van der Waals surface area contributed by atoms with Crippen molar-refractivity contribution in [3.63, 3.8) is 0 Å². The number of hydrogen-bond donors (Lipinski definition) is 1. The first kappa shape index (κ1) is 9.47. The number of rotatable bonds is 0. The smallest absolute Gasteiger partial charge is 0.0709 e. The van der Waals surface area contributed by atoms with Gasteiger partial charge in [-0.3, -0.25) is 0 Å². The minimum atomic E-state index is -0.477. The fourth-order valence-electron chi connectivity index (χ4n) is 2.84. The molecule has 1 spiro atoms. The van der Waals surface area contributed by atoms with Crippen molar-refractivity contribution in [3.8, 4) is 0 Å². The van der Waals surface area contributed by atoms with E-state index in [-0.39, 0.29) is 5.60 Å². The molecule has 1 saturated heterocycles. The highest BCUT2D eigenvalue weighted by atomic mass is 16.5. The number of ether oxygens (including phenoxy) is 1. The van der Waals surface area contributed by atoms with Crippen LogP contribution in [0.4, 0.5) is 0 Å². The van der Waals surface area contributed by atoms with Gasteiger partial charge in [-0.15, -0.1) is 0 Å². The first-order valence-corrected chi connectivity index (χ1v) is 5.48. The normalized spacial score (nSPS) is 39.2. The molecule has 1 saturated carbocycles. The fourth-order valence-corrected chi connectivity index (χ4v) is 2.84. The third kappa shape index (κ3) is 2.05. The lowest BCUT2D eigenvalue weighted by Gasteiger charge is -2.46. The summed E-state index contributed by atoms with van der Waals surface area (Å²) >= 11 is 0. The van der Waals surface area contributed by atoms with E-state index in [9.17, 15) is 5.11 Å². The Bertz CT molecular complexity index is 175. The molecule has 2 rings (SSSR count). The molecule has 0 radical (unpaired) electrons. The molecule has 13 heavy (non-hydrogen) atoms. The molecule has 1 unspecified atom stereocenters. The van der Waals surface area contributed by atoms with E-state index in [2.05, 4.69) is 0 Å².